The second-order valence-corrected chi connectivity index (χ2v) is 8.79. The third kappa shape index (κ3) is 5.98. The number of nitrogens with one attached hydrogen (secondary N) is 1. The van der Waals surface area contributed by atoms with Crippen LogP contribution in [0.3, 0.4) is 0 Å². The van der Waals surface area contributed by atoms with Crippen LogP contribution in [-0.2, 0) is 20.9 Å². The molecular formula is C24H32N4O3. The van der Waals surface area contributed by atoms with E-state index in [1.54, 1.807) is 0 Å². The van der Waals surface area contributed by atoms with Crippen molar-refractivity contribution in [2.75, 3.05) is 0 Å². The molecule has 1 aliphatic rings. The predicted molar refractivity (Wildman–Crippen MR) is 117 cm³/mol. The van der Waals surface area contributed by atoms with Crippen LogP contribution in [0.25, 0.3) is 6.08 Å². The molecule has 1 atom stereocenters. The maximum absolute atomic E-state index is 12.6. The van der Waals surface area contributed by atoms with Gasteiger partial charge in [-0.15, -0.1) is 0 Å². The zero-order valence-corrected chi connectivity index (χ0v) is 19.1. The van der Waals surface area contributed by atoms with Gasteiger partial charge in [0.1, 0.15) is 17.2 Å². The fourth-order valence-electron chi connectivity index (χ4n) is 3.95. The number of aromatic nitrogens is 1. The molecule has 1 N–H and O–H groups in total. The second kappa shape index (κ2) is 10.3. The highest BCUT2D eigenvalue weighted by molar-refractivity contribution is 5.99. The predicted octanol–water partition coefficient (Wildman–Crippen LogP) is 3.94. The molecule has 1 aromatic heterocycles. The first-order chi connectivity index (χ1) is 14.6. The van der Waals surface area contributed by atoms with E-state index in [1.165, 1.54) is 13.0 Å². The van der Waals surface area contributed by atoms with Gasteiger partial charge in [0.15, 0.2) is 6.10 Å². The van der Waals surface area contributed by atoms with Crippen molar-refractivity contribution < 1.29 is 14.3 Å². The Morgan fingerprint density at radius 3 is 2.42 bits per heavy atom. The fraction of sp³-hybridized carbons (Fsp3) is 0.583. The first-order valence-corrected chi connectivity index (χ1v) is 10.8. The molecule has 0 spiro atoms. The third-order valence-electron chi connectivity index (χ3n) is 5.74. The van der Waals surface area contributed by atoms with Gasteiger partial charge in [-0.05, 0) is 57.2 Å². The highest BCUT2D eigenvalue weighted by Crippen LogP contribution is 2.27. The van der Waals surface area contributed by atoms with Crippen molar-refractivity contribution in [3.8, 4) is 12.1 Å². The summed E-state index contributed by atoms with van der Waals surface area (Å²) in [4.78, 5) is 25.1. The summed E-state index contributed by atoms with van der Waals surface area (Å²) in [5.41, 5.74) is 1.71. The van der Waals surface area contributed by atoms with Crippen molar-refractivity contribution in [3.63, 3.8) is 0 Å². The largest absolute Gasteiger partial charge is 0.448 e. The van der Waals surface area contributed by atoms with E-state index in [9.17, 15) is 20.1 Å². The number of amides is 1. The zero-order valence-electron chi connectivity index (χ0n) is 19.1. The first-order valence-electron chi connectivity index (χ1n) is 10.8. The summed E-state index contributed by atoms with van der Waals surface area (Å²) in [5.74, 6) is -0.917. The van der Waals surface area contributed by atoms with Gasteiger partial charge in [0.05, 0.1) is 6.07 Å². The average molecular weight is 425 g/mol. The Morgan fingerprint density at radius 2 is 1.87 bits per heavy atom. The van der Waals surface area contributed by atoms with Crippen LogP contribution in [-0.4, -0.2) is 28.1 Å². The Labute approximate surface area is 184 Å². The van der Waals surface area contributed by atoms with E-state index in [-0.39, 0.29) is 5.57 Å². The van der Waals surface area contributed by atoms with Gasteiger partial charge in [-0.1, -0.05) is 33.1 Å². The lowest BCUT2D eigenvalue weighted by molar-refractivity contribution is -0.151. The van der Waals surface area contributed by atoms with Gasteiger partial charge in [-0.2, -0.15) is 10.5 Å². The lowest BCUT2D eigenvalue weighted by Crippen LogP contribution is -2.52. The second-order valence-electron chi connectivity index (χ2n) is 8.79. The molecule has 0 radical (unpaired) electrons. The number of ether oxygens (including phenoxy) is 1. The van der Waals surface area contributed by atoms with Gasteiger partial charge in [-0.25, -0.2) is 4.79 Å². The Morgan fingerprint density at radius 1 is 1.23 bits per heavy atom. The van der Waals surface area contributed by atoms with E-state index < -0.39 is 23.5 Å². The van der Waals surface area contributed by atoms with Crippen LogP contribution in [0.15, 0.2) is 11.6 Å². The molecule has 0 bridgehead atoms. The highest BCUT2D eigenvalue weighted by Gasteiger charge is 2.35. The van der Waals surface area contributed by atoms with Gasteiger partial charge >= 0.3 is 5.97 Å². The van der Waals surface area contributed by atoms with E-state index in [0.717, 1.165) is 42.8 Å². The number of carbonyl (C=O) groups is 2. The van der Waals surface area contributed by atoms with E-state index in [0.29, 0.717) is 18.8 Å². The van der Waals surface area contributed by atoms with E-state index in [4.69, 9.17) is 4.74 Å². The van der Waals surface area contributed by atoms with Gasteiger partial charge in [-0.3, -0.25) is 4.79 Å². The minimum absolute atomic E-state index is 0.169. The Balaban J connectivity index is 2.11. The van der Waals surface area contributed by atoms with Gasteiger partial charge in [0.25, 0.3) is 5.91 Å². The Bertz CT molecular complexity index is 937. The average Bonchev–Trinajstić information content (AvgIpc) is 2.99. The quantitative estimate of drug-likeness (QED) is 0.405. The lowest BCUT2D eigenvalue weighted by atomic mass is 9.83. The molecule has 31 heavy (non-hydrogen) atoms. The Kier molecular flexibility index (Phi) is 8.05. The molecule has 166 valence electrons. The molecule has 7 heteroatoms. The Hall–Kier alpha value is -3.06. The molecule has 0 aromatic carbocycles. The van der Waals surface area contributed by atoms with Crippen LogP contribution in [0.1, 0.15) is 69.8 Å². The molecule has 1 fully saturated rings. The first kappa shape index (κ1) is 24.2. The van der Waals surface area contributed by atoms with E-state index in [2.05, 4.69) is 29.8 Å². The van der Waals surface area contributed by atoms with Crippen LogP contribution < -0.4 is 5.32 Å². The third-order valence-corrected chi connectivity index (χ3v) is 5.74. The van der Waals surface area contributed by atoms with Crippen LogP contribution in [0, 0.1) is 42.4 Å². The van der Waals surface area contributed by atoms with Crippen molar-refractivity contribution in [3.05, 3.63) is 28.6 Å². The van der Waals surface area contributed by atoms with Crippen LogP contribution in [0.2, 0.25) is 0 Å². The lowest BCUT2D eigenvalue weighted by Gasteiger charge is -2.32. The normalized spacial score (nSPS) is 16.8. The van der Waals surface area contributed by atoms with Crippen LogP contribution in [0.5, 0.6) is 0 Å². The number of esters is 1. The van der Waals surface area contributed by atoms with Crippen LogP contribution >= 0.6 is 0 Å². The van der Waals surface area contributed by atoms with E-state index in [1.807, 2.05) is 26.0 Å². The minimum Gasteiger partial charge on any atom is -0.448 e. The molecule has 1 aromatic rings. The molecule has 0 unspecified atom stereocenters. The van der Waals surface area contributed by atoms with Crippen LogP contribution in [0.4, 0.5) is 0 Å². The van der Waals surface area contributed by atoms with Crippen molar-refractivity contribution in [1.29, 1.82) is 10.5 Å². The summed E-state index contributed by atoms with van der Waals surface area (Å²) in [6, 6.07) is 6.03. The number of hydrogen-bond acceptors (Lipinski definition) is 5. The number of nitrogens with zero attached hydrogens (tertiary/aromatic N) is 3. The van der Waals surface area contributed by atoms with Crippen molar-refractivity contribution in [2.24, 2.45) is 5.92 Å². The number of nitriles is 2. The van der Waals surface area contributed by atoms with Gasteiger partial charge < -0.3 is 14.6 Å². The van der Waals surface area contributed by atoms with Gasteiger partial charge in [0, 0.05) is 17.9 Å². The minimum atomic E-state index is -1.11. The molecule has 1 amide bonds. The van der Waals surface area contributed by atoms with Crippen molar-refractivity contribution in [1.82, 2.24) is 9.88 Å². The summed E-state index contributed by atoms with van der Waals surface area (Å²) in [6.45, 7) is 10.5. The molecular weight excluding hydrogens is 392 g/mol. The smallest absolute Gasteiger partial charge is 0.349 e. The number of aryl methyl sites for hydroxylation is 1. The standard InChI is InChI=1S/C24H32N4O3/c1-16(2)14-28-17(3)11-20(18(28)4)12-21(13-25)23(30)31-19(5)22(29)27-24(15-26)9-7-6-8-10-24/h11-12,16,19H,6-10,14H2,1-5H3,(H,27,29)/b21-12+/t19-/m0/s1. The van der Waals surface area contributed by atoms with Gasteiger partial charge in [0.2, 0.25) is 0 Å². The molecule has 0 saturated heterocycles. The summed E-state index contributed by atoms with van der Waals surface area (Å²) < 4.78 is 7.40. The van der Waals surface area contributed by atoms with E-state index >= 15 is 0 Å². The highest BCUT2D eigenvalue weighted by atomic mass is 16.5. The molecule has 7 nitrogen and oxygen atoms in total. The van der Waals surface area contributed by atoms with Crippen molar-refractivity contribution >= 4 is 18.0 Å². The summed E-state index contributed by atoms with van der Waals surface area (Å²) in [7, 11) is 0. The maximum atomic E-state index is 12.6. The maximum Gasteiger partial charge on any atom is 0.349 e. The fourth-order valence-corrected chi connectivity index (χ4v) is 3.95. The molecule has 1 heterocycles. The summed E-state index contributed by atoms with van der Waals surface area (Å²) in [6.07, 6.45) is 4.36. The summed E-state index contributed by atoms with van der Waals surface area (Å²) >= 11 is 0. The monoisotopic (exact) mass is 424 g/mol. The number of carbonyl (C=O) groups excluding carboxylic acids is 2. The zero-order chi connectivity index (χ0) is 23.2. The number of hydrogen-bond donors (Lipinski definition) is 1. The molecule has 1 aliphatic carbocycles. The molecule has 1 saturated carbocycles. The topological polar surface area (TPSA) is 108 Å². The van der Waals surface area contributed by atoms with Crippen molar-refractivity contribution in [2.45, 2.75) is 84.9 Å². The molecule has 2 rings (SSSR count). The molecule has 0 aliphatic heterocycles. The summed E-state index contributed by atoms with van der Waals surface area (Å²) in [5, 5.41) is 21.8. The number of rotatable bonds is 7. The SMILES string of the molecule is Cc1cc(/C=C(\C#N)C(=O)O[C@@H](C)C(=O)NC2(C#N)CCCCC2)c(C)n1CC(C)C.